The molecule has 6 heteroatoms. The molecular weight excluding hydrogens is 264 g/mol. The minimum absolute atomic E-state index is 0.129. The van der Waals surface area contributed by atoms with Gasteiger partial charge in [0.15, 0.2) is 0 Å². The van der Waals surface area contributed by atoms with E-state index in [1.165, 1.54) is 12.3 Å². The highest BCUT2D eigenvalue weighted by molar-refractivity contribution is 6.32. The molecule has 2 rings (SSSR count). The van der Waals surface area contributed by atoms with E-state index >= 15 is 0 Å². The first-order valence-corrected chi connectivity index (χ1v) is 6.05. The normalized spacial score (nSPS) is 10.2. The van der Waals surface area contributed by atoms with Crippen LogP contribution in [0.15, 0.2) is 30.6 Å². The third-order valence-electron chi connectivity index (χ3n) is 2.64. The molecule has 5 nitrogen and oxygen atoms in total. The van der Waals surface area contributed by atoms with Crippen molar-refractivity contribution in [3.63, 3.8) is 0 Å². The molecule has 0 spiro atoms. The van der Waals surface area contributed by atoms with Crippen LogP contribution in [0.3, 0.4) is 0 Å². The average Bonchev–Trinajstić information content (AvgIpc) is 2.40. The Labute approximate surface area is 115 Å². The number of nitrogens with one attached hydrogen (secondary N) is 1. The molecule has 0 aliphatic rings. The summed E-state index contributed by atoms with van der Waals surface area (Å²) in [6.45, 7) is 2.26. The molecule has 1 amide bonds. The fourth-order valence-corrected chi connectivity index (χ4v) is 1.78. The van der Waals surface area contributed by atoms with Crippen LogP contribution in [0.2, 0.25) is 5.15 Å². The van der Waals surface area contributed by atoms with Gasteiger partial charge >= 0.3 is 0 Å². The van der Waals surface area contributed by atoms with Crippen molar-refractivity contribution >= 4 is 23.2 Å². The first-order valence-electron chi connectivity index (χ1n) is 5.67. The molecule has 0 bridgehead atoms. The molecule has 0 saturated heterocycles. The summed E-state index contributed by atoms with van der Waals surface area (Å²) < 4.78 is 0. The van der Waals surface area contributed by atoms with Gasteiger partial charge in [0.25, 0.3) is 5.91 Å². The highest BCUT2D eigenvalue weighted by Crippen LogP contribution is 2.15. The standard InChI is InChI=1S/C13H13ClN4O/c1-8-3-2-4-16-11(8)7-18-13(19)10-5-9(15)6-17-12(10)14/h2-6H,7,15H2,1H3,(H,18,19). The molecule has 3 N–H and O–H groups in total. The minimum atomic E-state index is -0.324. The van der Waals surface area contributed by atoms with Crippen LogP contribution in [0.4, 0.5) is 5.69 Å². The number of carbonyl (C=O) groups is 1. The topological polar surface area (TPSA) is 80.9 Å². The van der Waals surface area contributed by atoms with E-state index in [-0.39, 0.29) is 16.6 Å². The summed E-state index contributed by atoms with van der Waals surface area (Å²) in [6, 6.07) is 5.28. The molecule has 0 saturated carbocycles. The molecule has 98 valence electrons. The Bertz CT molecular complexity index is 615. The number of aryl methyl sites for hydroxylation is 1. The Morgan fingerprint density at radius 2 is 2.26 bits per heavy atom. The Morgan fingerprint density at radius 3 is 3.00 bits per heavy atom. The zero-order valence-corrected chi connectivity index (χ0v) is 11.1. The molecule has 0 aliphatic heterocycles. The Hall–Kier alpha value is -2.14. The predicted molar refractivity (Wildman–Crippen MR) is 73.8 cm³/mol. The molecule has 0 aromatic carbocycles. The maximum absolute atomic E-state index is 12.0. The third kappa shape index (κ3) is 3.20. The number of amides is 1. The van der Waals surface area contributed by atoms with Crippen LogP contribution in [-0.2, 0) is 6.54 Å². The van der Waals surface area contributed by atoms with Gasteiger partial charge in [-0.2, -0.15) is 0 Å². The van der Waals surface area contributed by atoms with Crippen molar-refractivity contribution in [3.05, 3.63) is 52.6 Å². The number of anilines is 1. The second-order valence-electron chi connectivity index (χ2n) is 4.06. The van der Waals surface area contributed by atoms with Crippen LogP contribution in [-0.4, -0.2) is 15.9 Å². The van der Waals surface area contributed by atoms with Crippen molar-refractivity contribution in [2.45, 2.75) is 13.5 Å². The molecule has 0 fully saturated rings. The Morgan fingerprint density at radius 1 is 1.47 bits per heavy atom. The summed E-state index contributed by atoms with van der Waals surface area (Å²) >= 11 is 5.86. The van der Waals surface area contributed by atoms with Crippen LogP contribution in [0.5, 0.6) is 0 Å². The lowest BCUT2D eigenvalue weighted by Crippen LogP contribution is -2.24. The van der Waals surface area contributed by atoms with Crippen molar-refractivity contribution in [3.8, 4) is 0 Å². The number of carbonyl (C=O) groups excluding carboxylic acids is 1. The molecule has 0 aliphatic carbocycles. The van der Waals surface area contributed by atoms with E-state index in [1.807, 2.05) is 19.1 Å². The number of aromatic nitrogens is 2. The Balaban J connectivity index is 2.10. The van der Waals surface area contributed by atoms with E-state index in [0.29, 0.717) is 12.2 Å². The summed E-state index contributed by atoms with van der Waals surface area (Å²) in [7, 11) is 0. The van der Waals surface area contributed by atoms with E-state index < -0.39 is 0 Å². The van der Waals surface area contributed by atoms with E-state index in [4.69, 9.17) is 17.3 Å². The molecule has 2 aromatic rings. The van der Waals surface area contributed by atoms with Crippen molar-refractivity contribution in [1.29, 1.82) is 0 Å². The van der Waals surface area contributed by atoms with Crippen LogP contribution < -0.4 is 11.1 Å². The van der Waals surface area contributed by atoms with Crippen LogP contribution in [0.25, 0.3) is 0 Å². The number of nitrogens with two attached hydrogens (primary N) is 1. The first kappa shape index (κ1) is 13.3. The number of pyridine rings is 2. The lowest BCUT2D eigenvalue weighted by atomic mass is 10.2. The summed E-state index contributed by atoms with van der Waals surface area (Å²) in [5, 5.41) is 2.87. The number of nitrogens with zero attached hydrogens (tertiary/aromatic N) is 2. The molecule has 19 heavy (non-hydrogen) atoms. The number of halogens is 1. The molecule has 0 unspecified atom stereocenters. The summed E-state index contributed by atoms with van der Waals surface area (Å²) in [5.41, 5.74) is 8.06. The first-order chi connectivity index (χ1) is 9.08. The second-order valence-corrected chi connectivity index (χ2v) is 4.41. The van der Waals surface area contributed by atoms with E-state index in [2.05, 4.69) is 15.3 Å². The summed E-state index contributed by atoms with van der Waals surface area (Å²) in [6.07, 6.45) is 3.09. The maximum Gasteiger partial charge on any atom is 0.254 e. The SMILES string of the molecule is Cc1cccnc1CNC(=O)c1cc(N)cnc1Cl. The highest BCUT2D eigenvalue weighted by Gasteiger charge is 2.12. The number of hydrogen-bond acceptors (Lipinski definition) is 4. The second kappa shape index (κ2) is 5.67. The van der Waals surface area contributed by atoms with Gasteiger partial charge in [0.1, 0.15) is 5.15 Å². The zero-order chi connectivity index (χ0) is 13.8. The van der Waals surface area contributed by atoms with Gasteiger partial charge in [0.05, 0.1) is 29.7 Å². The van der Waals surface area contributed by atoms with Crippen LogP contribution in [0.1, 0.15) is 21.6 Å². The maximum atomic E-state index is 12.0. The average molecular weight is 277 g/mol. The predicted octanol–water partition coefficient (Wildman–Crippen LogP) is 1.95. The van der Waals surface area contributed by atoms with Gasteiger partial charge in [-0.3, -0.25) is 9.78 Å². The molecular formula is C13H13ClN4O. The van der Waals surface area contributed by atoms with Gasteiger partial charge < -0.3 is 11.1 Å². The lowest BCUT2D eigenvalue weighted by Gasteiger charge is -2.08. The fourth-order valence-electron chi connectivity index (χ4n) is 1.59. The van der Waals surface area contributed by atoms with Crippen LogP contribution >= 0.6 is 11.6 Å². The monoisotopic (exact) mass is 276 g/mol. The number of hydrogen-bond donors (Lipinski definition) is 2. The van der Waals surface area contributed by atoms with Crippen molar-refractivity contribution in [2.24, 2.45) is 0 Å². The minimum Gasteiger partial charge on any atom is -0.397 e. The van der Waals surface area contributed by atoms with E-state index in [9.17, 15) is 4.79 Å². The zero-order valence-electron chi connectivity index (χ0n) is 10.4. The highest BCUT2D eigenvalue weighted by atomic mass is 35.5. The number of rotatable bonds is 3. The molecule has 2 aromatic heterocycles. The van der Waals surface area contributed by atoms with Gasteiger partial charge in [-0.15, -0.1) is 0 Å². The lowest BCUT2D eigenvalue weighted by molar-refractivity contribution is 0.0950. The summed E-state index contributed by atoms with van der Waals surface area (Å²) in [5.74, 6) is -0.324. The molecule has 0 radical (unpaired) electrons. The molecule has 0 atom stereocenters. The Kier molecular flexibility index (Phi) is 3.97. The van der Waals surface area contributed by atoms with E-state index in [0.717, 1.165) is 11.3 Å². The quantitative estimate of drug-likeness (QED) is 0.840. The van der Waals surface area contributed by atoms with Crippen molar-refractivity contribution in [2.75, 3.05) is 5.73 Å². The van der Waals surface area contributed by atoms with Crippen molar-refractivity contribution in [1.82, 2.24) is 15.3 Å². The van der Waals surface area contributed by atoms with Gasteiger partial charge in [-0.1, -0.05) is 17.7 Å². The largest absolute Gasteiger partial charge is 0.397 e. The molecule has 2 heterocycles. The fraction of sp³-hybridized carbons (Fsp3) is 0.154. The van der Waals surface area contributed by atoms with E-state index in [1.54, 1.807) is 6.20 Å². The van der Waals surface area contributed by atoms with Crippen LogP contribution in [0, 0.1) is 6.92 Å². The number of nitrogen functional groups attached to an aromatic ring is 1. The van der Waals surface area contributed by atoms with Crippen molar-refractivity contribution < 1.29 is 4.79 Å². The van der Waals surface area contributed by atoms with Gasteiger partial charge in [0.2, 0.25) is 0 Å². The summed E-state index contributed by atoms with van der Waals surface area (Å²) in [4.78, 5) is 20.0. The van der Waals surface area contributed by atoms with Gasteiger partial charge in [-0.25, -0.2) is 4.98 Å². The van der Waals surface area contributed by atoms with Gasteiger partial charge in [-0.05, 0) is 24.6 Å². The van der Waals surface area contributed by atoms with Gasteiger partial charge in [0, 0.05) is 6.20 Å². The third-order valence-corrected chi connectivity index (χ3v) is 2.94. The smallest absolute Gasteiger partial charge is 0.254 e.